The molecule has 0 spiro atoms. The van der Waals surface area contributed by atoms with Crippen molar-refractivity contribution in [1.29, 1.82) is 0 Å². The van der Waals surface area contributed by atoms with Crippen molar-refractivity contribution in [1.82, 2.24) is 19.8 Å². The van der Waals surface area contributed by atoms with Crippen LogP contribution in [-0.4, -0.2) is 82.0 Å². The minimum absolute atomic E-state index is 0.0406. The third kappa shape index (κ3) is 6.40. The van der Waals surface area contributed by atoms with Gasteiger partial charge in [0.25, 0.3) is 5.91 Å². The molecule has 1 aliphatic heterocycles. The first-order valence-electron chi connectivity index (χ1n) is 14.1. The van der Waals surface area contributed by atoms with E-state index in [0.29, 0.717) is 25.3 Å². The van der Waals surface area contributed by atoms with Gasteiger partial charge in [-0.05, 0) is 31.1 Å². The fraction of sp³-hybridized carbons (Fsp3) is 0.484. The molecule has 5 rings (SSSR count). The minimum atomic E-state index is -1.01. The first-order chi connectivity index (χ1) is 19.1. The number of aromatic nitrogens is 2. The molecule has 2 N–H and O–H groups in total. The molecule has 208 valence electrons. The van der Waals surface area contributed by atoms with Crippen molar-refractivity contribution in [3.8, 4) is 11.3 Å². The first kappa shape index (κ1) is 27.9. The highest BCUT2D eigenvalue weighted by Crippen LogP contribution is 2.41. The van der Waals surface area contributed by atoms with Crippen LogP contribution >= 0.6 is 11.8 Å². The average Bonchev–Trinajstić information content (AvgIpc) is 3.41. The van der Waals surface area contributed by atoms with Crippen LogP contribution in [0.15, 0.2) is 67.0 Å². The lowest BCUT2D eigenvalue weighted by Crippen LogP contribution is -2.54. The van der Waals surface area contributed by atoms with Gasteiger partial charge in [0.1, 0.15) is 5.60 Å². The predicted molar refractivity (Wildman–Crippen MR) is 157 cm³/mol. The standard InChI is InChI=1S/C31H40N4O3S/c1-39-19-18-38-22-31(37)15-9-8-14-27(31)35-23-33-28(29(35)25-12-6-3-7-13-25)30(36)34-17-16-32-21-26(34)20-24-10-4-2-5-11-24/h2-7,10-13,23,26-27,32,37H,8-9,14-22H2,1H3/t26-,27?,31?/m1/s1. The van der Waals surface area contributed by atoms with Crippen molar-refractivity contribution in [3.05, 3.63) is 78.2 Å². The van der Waals surface area contributed by atoms with Crippen LogP contribution in [-0.2, 0) is 11.2 Å². The largest absolute Gasteiger partial charge is 0.385 e. The van der Waals surface area contributed by atoms with Crippen molar-refractivity contribution < 1.29 is 14.6 Å². The van der Waals surface area contributed by atoms with E-state index in [1.54, 1.807) is 18.1 Å². The van der Waals surface area contributed by atoms with Crippen molar-refractivity contribution >= 4 is 17.7 Å². The van der Waals surface area contributed by atoms with Gasteiger partial charge >= 0.3 is 0 Å². The summed E-state index contributed by atoms with van der Waals surface area (Å²) in [4.78, 5) is 21.0. The lowest BCUT2D eigenvalue weighted by molar-refractivity contribution is -0.0968. The summed E-state index contributed by atoms with van der Waals surface area (Å²) < 4.78 is 8.01. The van der Waals surface area contributed by atoms with Crippen LogP contribution in [0.25, 0.3) is 11.3 Å². The zero-order valence-electron chi connectivity index (χ0n) is 22.8. The fourth-order valence-electron chi connectivity index (χ4n) is 6.03. The maximum atomic E-state index is 14.2. The monoisotopic (exact) mass is 548 g/mol. The molecule has 3 aromatic rings. The van der Waals surface area contributed by atoms with Crippen molar-refractivity contribution in [2.75, 3.05) is 44.9 Å². The maximum absolute atomic E-state index is 14.2. The summed E-state index contributed by atoms with van der Waals surface area (Å²) in [6, 6.07) is 20.2. The van der Waals surface area contributed by atoms with E-state index in [9.17, 15) is 9.90 Å². The molecule has 8 heteroatoms. The number of hydrogen-bond donors (Lipinski definition) is 2. The van der Waals surface area contributed by atoms with Crippen LogP contribution in [0.3, 0.4) is 0 Å². The second-order valence-electron chi connectivity index (χ2n) is 10.7. The Morgan fingerprint density at radius 3 is 2.69 bits per heavy atom. The molecule has 1 aliphatic carbocycles. The summed E-state index contributed by atoms with van der Waals surface area (Å²) in [6.07, 6.45) is 8.08. The Kier molecular flexibility index (Phi) is 9.40. The van der Waals surface area contributed by atoms with Gasteiger partial charge in [-0.3, -0.25) is 4.79 Å². The Bertz CT molecular complexity index is 1210. The number of thioether (sulfide) groups is 1. The van der Waals surface area contributed by atoms with E-state index < -0.39 is 5.60 Å². The summed E-state index contributed by atoms with van der Waals surface area (Å²) in [5, 5.41) is 15.3. The highest BCUT2D eigenvalue weighted by atomic mass is 32.2. The summed E-state index contributed by atoms with van der Waals surface area (Å²) >= 11 is 1.74. The molecule has 1 amide bonds. The Morgan fingerprint density at radius 2 is 1.92 bits per heavy atom. The maximum Gasteiger partial charge on any atom is 0.275 e. The van der Waals surface area contributed by atoms with Gasteiger partial charge in [-0.2, -0.15) is 11.8 Å². The molecular formula is C31H40N4O3S. The fourth-order valence-corrected chi connectivity index (χ4v) is 6.31. The molecule has 1 aromatic heterocycles. The number of ether oxygens (including phenoxy) is 1. The lowest BCUT2D eigenvalue weighted by atomic mass is 9.80. The molecule has 0 bridgehead atoms. The minimum Gasteiger partial charge on any atom is -0.385 e. The number of benzene rings is 2. The van der Waals surface area contributed by atoms with E-state index in [1.807, 2.05) is 53.4 Å². The Morgan fingerprint density at radius 1 is 1.15 bits per heavy atom. The van der Waals surface area contributed by atoms with Crippen molar-refractivity contribution in [2.24, 2.45) is 0 Å². The number of piperazine rings is 1. The van der Waals surface area contributed by atoms with E-state index in [1.165, 1.54) is 5.56 Å². The smallest absolute Gasteiger partial charge is 0.275 e. The number of aliphatic hydroxyl groups is 1. The van der Waals surface area contributed by atoms with Crippen LogP contribution < -0.4 is 5.32 Å². The average molecular weight is 549 g/mol. The number of nitrogens with one attached hydrogen (secondary N) is 1. The second kappa shape index (κ2) is 13.1. The molecule has 1 saturated heterocycles. The van der Waals surface area contributed by atoms with Crippen molar-refractivity contribution in [3.63, 3.8) is 0 Å². The molecule has 2 fully saturated rings. The topological polar surface area (TPSA) is 79.6 Å². The third-order valence-electron chi connectivity index (χ3n) is 8.05. The number of carbonyl (C=O) groups is 1. The number of carbonyl (C=O) groups excluding carboxylic acids is 1. The summed E-state index contributed by atoms with van der Waals surface area (Å²) in [7, 11) is 0. The molecule has 0 radical (unpaired) electrons. The van der Waals surface area contributed by atoms with Gasteiger partial charge in [0.05, 0.1) is 31.3 Å². The van der Waals surface area contributed by atoms with Crippen LogP contribution in [0.2, 0.25) is 0 Å². The van der Waals surface area contributed by atoms with Gasteiger partial charge in [0.15, 0.2) is 5.69 Å². The first-order valence-corrected chi connectivity index (χ1v) is 15.5. The van der Waals surface area contributed by atoms with Crippen LogP contribution in [0, 0.1) is 0 Å². The number of amides is 1. The van der Waals surface area contributed by atoms with Gasteiger partial charge in [0, 0.05) is 37.0 Å². The molecule has 2 heterocycles. The van der Waals surface area contributed by atoms with Crippen LogP contribution in [0.5, 0.6) is 0 Å². The molecule has 2 aromatic carbocycles. The summed E-state index contributed by atoms with van der Waals surface area (Å²) in [5.41, 5.74) is 2.38. The molecule has 7 nitrogen and oxygen atoms in total. The quantitative estimate of drug-likeness (QED) is 0.365. The van der Waals surface area contributed by atoms with Gasteiger partial charge < -0.3 is 24.6 Å². The zero-order valence-corrected chi connectivity index (χ0v) is 23.6. The number of imidazole rings is 1. The highest BCUT2D eigenvalue weighted by molar-refractivity contribution is 7.98. The van der Waals surface area contributed by atoms with Crippen LogP contribution in [0.1, 0.15) is 47.8 Å². The second-order valence-corrected chi connectivity index (χ2v) is 11.7. The van der Waals surface area contributed by atoms with E-state index in [0.717, 1.165) is 55.8 Å². The Hall–Kier alpha value is -2.65. The number of hydrogen-bond acceptors (Lipinski definition) is 6. The Balaban J connectivity index is 1.48. The van der Waals surface area contributed by atoms with Gasteiger partial charge in [-0.1, -0.05) is 73.5 Å². The molecule has 2 aliphatic rings. The van der Waals surface area contributed by atoms with E-state index in [-0.39, 0.29) is 24.6 Å². The SMILES string of the molecule is CSCCOCC1(O)CCCCC1n1cnc(C(=O)N2CCNC[C@H]2Cc2ccccc2)c1-c1ccccc1. The normalized spacial score (nSPS) is 23.6. The number of rotatable bonds is 10. The zero-order chi connectivity index (χ0) is 27.1. The van der Waals surface area contributed by atoms with Gasteiger partial charge in [-0.15, -0.1) is 0 Å². The van der Waals surface area contributed by atoms with E-state index in [2.05, 4.69) is 28.3 Å². The van der Waals surface area contributed by atoms with Crippen LogP contribution in [0.4, 0.5) is 0 Å². The van der Waals surface area contributed by atoms with Gasteiger partial charge in [-0.25, -0.2) is 4.98 Å². The van der Waals surface area contributed by atoms with E-state index >= 15 is 0 Å². The third-order valence-corrected chi connectivity index (χ3v) is 8.62. The summed E-state index contributed by atoms with van der Waals surface area (Å²) in [5.74, 6) is 0.847. The molecule has 39 heavy (non-hydrogen) atoms. The van der Waals surface area contributed by atoms with E-state index in [4.69, 9.17) is 9.72 Å². The molecular weight excluding hydrogens is 508 g/mol. The molecule has 1 saturated carbocycles. The number of nitrogens with zero attached hydrogens (tertiary/aromatic N) is 3. The summed E-state index contributed by atoms with van der Waals surface area (Å²) in [6.45, 7) is 3.03. The van der Waals surface area contributed by atoms with Crippen molar-refractivity contribution in [2.45, 2.75) is 49.8 Å². The lowest BCUT2D eigenvalue weighted by Gasteiger charge is -2.41. The molecule has 3 atom stereocenters. The highest BCUT2D eigenvalue weighted by Gasteiger charge is 2.42. The molecule has 2 unspecified atom stereocenters. The van der Waals surface area contributed by atoms with Gasteiger partial charge in [0.2, 0.25) is 0 Å². The Labute approximate surface area is 236 Å². The predicted octanol–water partition coefficient (Wildman–Crippen LogP) is 4.43.